The molecule has 1 N–H and O–H groups in total. The van der Waals surface area contributed by atoms with Gasteiger partial charge in [0.05, 0.1) is 5.52 Å². The standard InChI is InChI=1S/C15H17N3O3/c1-15(14(20)21)8-5-9-18(15)13(19)12-10-6-3-4-7-11(10)17(2)16-12/h3-4,6-7H,5,8-9H2,1-2H3,(H,20,21). The lowest BCUT2D eigenvalue weighted by Gasteiger charge is -2.30. The number of likely N-dealkylation sites (tertiary alicyclic amines) is 1. The maximum absolute atomic E-state index is 12.8. The molecule has 1 amide bonds. The van der Waals surface area contributed by atoms with E-state index in [-0.39, 0.29) is 5.91 Å². The van der Waals surface area contributed by atoms with Crippen LogP contribution in [0.4, 0.5) is 0 Å². The molecule has 1 aromatic heterocycles. The molecule has 0 bridgehead atoms. The van der Waals surface area contributed by atoms with E-state index in [4.69, 9.17) is 0 Å². The number of benzene rings is 1. The van der Waals surface area contributed by atoms with Crippen LogP contribution in [0.15, 0.2) is 24.3 Å². The summed E-state index contributed by atoms with van der Waals surface area (Å²) in [6.45, 7) is 2.05. The molecular formula is C15H17N3O3. The molecule has 110 valence electrons. The number of hydrogen-bond acceptors (Lipinski definition) is 3. The molecule has 1 aliphatic rings. The monoisotopic (exact) mass is 287 g/mol. The van der Waals surface area contributed by atoms with E-state index < -0.39 is 11.5 Å². The summed E-state index contributed by atoms with van der Waals surface area (Å²) in [5.74, 6) is -1.28. The lowest BCUT2D eigenvalue weighted by atomic mass is 9.99. The van der Waals surface area contributed by atoms with Crippen LogP contribution in [0.25, 0.3) is 10.9 Å². The molecule has 0 spiro atoms. The van der Waals surface area contributed by atoms with Gasteiger partial charge in [0, 0.05) is 19.0 Å². The zero-order valence-electron chi connectivity index (χ0n) is 12.0. The SMILES string of the molecule is Cn1nc(C(=O)N2CCCC2(C)C(=O)O)c2ccccc21. The van der Waals surface area contributed by atoms with Crippen LogP contribution in [0.2, 0.25) is 0 Å². The Kier molecular flexibility index (Phi) is 2.97. The van der Waals surface area contributed by atoms with E-state index >= 15 is 0 Å². The van der Waals surface area contributed by atoms with Gasteiger partial charge in [-0.3, -0.25) is 9.48 Å². The van der Waals surface area contributed by atoms with Crippen LogP contribution in [0.5, 0.6) is 0 Å². The molecule has 2 aromatic rings. The summed E-state index contributed by atoms with van der Waals surface area (Å²) in [7, 11) is 1.78. The van der Waals surface area contributed by atoms with Crippen molar-refractivity contribution in [3.05, 3.63) is 30.0 Å². The van der Waals surface area contributed by atoms with Gasteiger partial charge in [-0.1, -0.05) is 18.2 Å². The Morgan fingerprint density at radius 2 is 2.05 bits per heavy atom. The van der Waals surface area contributed by atoms with Crippen molar-refractivity contribution >= 4 is 22.8 Å². The zero-order valence-corrected chi connectivity index (χ0v) is 12.0. The molecule has 3 rings (SSSR count). The Labute approximate surface area is 122 Å². The molecule has 1 atom stereocenters. The Morgan fingerprint density at radius 1 is 1.33 bits per heavy atom. The molecule has 0 saturated carbocycles. The molecule has 0 radical (unpaired) electrons. The second-order valence-corrected chi connectivity index (χ2v) is 5.63. The number of carbonyl (C=O) groups excluding carboxylic acids is 1. The second-order valence-electron chi connectivity index (χ2n) is 5.63. The normalized spacial score (nSPS) is 21.9. The maximum atomic E-state index is 12.8. The smallest absolute Gasteiger partial charge is 0.329 e. The average Bonchev–Trinajstić information content (AvgIpc) is 3.01. The van der Waals surface area contributed by atoms with E-state index in [1.54, 1.807) is 18.7 Å². The highest BCUT2D eigenvalue weighted by Crippen LogP contribution is 2.31. The van der Waals surface area contributed by atoms with Crippen LogP contribution in [0, 0.1) is 0 Å². The van der Waals surface area contributed by atoms with E-state index in [1.165, 1.54) is 4.90 Å². The largest absolute Gasteiger partial charge is 0.480 e. The van der Waals surface area contributed by atoms with Crippen LogP contribution in [0.3, 0.4) is 0 Å². The van der Waals surface area contributed by atoms with Crippen molar-refractivity contribution in [2.24, 2.45) is 7.05 Å². The minimum Gasteiger partial charge on any atom is -0.480 e. The Morgan fingerprint density at radius 3 is 2.76 bits per heavy atom. The minimum absolute atomic E-state index is 0.311. The number of aryl methyl sites for hydroxylation is 1. The topological polar surface area (TPSA) is 75.4 Å². The Hall–Kier alpha value is -2.37. The van der Waals surface area contributed by atoms with E-state index in [2.05, 4.69) is 5.10 Å². The number of aliphatic carboxylic acids is 1. The molecular weight excluding hydrogens is 270 g/mol. The van der Waals surface area contributed by atoms with Gasteiger partial charge in [0.2, 0.25) is 0 Å². The maximum Gasteiger partial charge on any atom is 0.329 e. The summed E-state index contributed by atoms with van der Waals surface area (Å²) in [6.07, 6.45) is 1.16. The first kappa shape index (κ1) is 13.6. The average molecular weight is 287 g/mol. The number of hydrogen-bond donors (Lipinski definition) is 1. The van der Waals surface area contributed by atoms with Gasteiger partial charge in [-0.15, -0.1) is 0 Å². The minimum atomic E-state index is -1.14. The number of para-hydroxylation sites is 1. The molecule has 21 heavy (non-hydrogen) atoms. The number of nitrogens with zero attached hydrogens (tertiary/aromatic N) is 3. The van der Waals surface area contributed by atoms with Gasteiger partial charge in [0.25, 0.3) is 5.91 Å². The Balaban J connectivity index is 2.07. The van der Waals surface area contributed by atoms with Gasteiger partial charge in [-0.25, -0.2) is 4.79 Å². The lowest BCUT2D eigenvalue weighted by molar-refractivity contribution is -0.147. The lowest BCUT2D eigenvalue weighted by Crippen LogP contribution is -2.50. The second kappa shape index (κ2) is 4.58. The quantitative estimate of drug-likeness (QED) is 0.911. The molecule has 2 heterocycles. The van der Waals surface area contributed by atoms with Gasteiger partial charge in [0.15, 0.2) is 5.69 Å². The molecule has 1 aliphatic heterocycles. The van der Waals surface area contributed by atoms with Crippen molar-refractivity contribution in [1.82, 2.24) is 14.7 Å². The van der Waals surface area contributed by atoms with Crippen molar-refractivity contribution in [2.75, 3.05) is 6.54 Å². The predicted molar refractivity (Wildman–Crippen MR) is 77.0 cm³/mol. The third kappa shape index (κ3) is 1.90. The van der Waals surface area contributed by atoms with E-state index in [1.807, 2.05) is 24.3 Å². The first-order valence-corrected chi connectivity index (χ1v) is 6.92. The molecule has 1 aromatic carbocycles. The van der Waals surface area contributed by atoms with Crippen molar-refractivity contribution in [3.63, 3.8) is 0 Å². The number of rotatable bonds is 2. The Bertz CT molecular complexity index is 737. The molecule has 6 heteroatoms. The summed E-state index contributed by atoms with van der Waals surface area (Å²) in [5.41, 5.74) is 0.0370. The van der Waals surface area contributed by atoms with Crippen LogP contribution >= 0.6 is 0 Å². The highest BCUT2D eigenvalue weighted by atomic mass is 16.4. The van der Waals surface area contributed by atoms with Crippen LogP contribution in [0.1, 0.15) is 30.3 Å². The predicted octanol–water partition coefficient (Wildman–Crippen LogP) is 1.65. The number of carbonyl (C=O) groups is 2. The fourth-order valence-corrected chi connectivity index (χ4v) is 3.01. The van der Waals surface area contributed by atoms with Crippen LogP contribution < -0.4 is 0 Å². The van der Waals surface area contributed by atoms with Gasteiger partial charge >= 0.3 is 5.97 Å². The molecule has 1 fully saturated rings. The number of fused-ring (bicyclic) bond motifs is 1. The summed E-state index contributed by atoms with van der Waals surface area (Å²) in [5, 5.41) is 14.5. The van der Waals surface area contributed by atoms with E-state index in [0.717, 1.165) is 10.9 Å². The van der Waals surface area contributed by atoms with E-state index in [0.29, 0.717) is 25.1 Å². The number of aromatic nitrogens is 2. The number of carboxylic acid groups (broad SMARTS) is 1. The fraction of sp³-hybridized carbons (Fsp3) is 0.400. The van der Waals surface area contributed by atoms with Gasteiger partial charge in [-0.05, 0) is 25.8 Å². The van der Waals surface area contributed by atoms with Crippen molar-refractivity contribution in [2.45, 2.75) is 25.3 Å². The third-order valence-electron chi connectivity index (χ3n) is 4.31. The summed E-state index contributed by atoms with van der Waals surface area (Å²) < 4.78 is 1.65. The summed E-state index contributed by atoms with van der Waals surface area (Å²) in [6, 6.07) is 7.46. The third-order valence-corrected chi connectivity index (χ3v) is 4.31. The highest BCUT2D eigenvalue weighted by molar-refractivity contribution is 6.06. The van der Waals surface area contributed by atoms with Gasteiger partial charge in [0.1, 0.15) is 5.54 Å². The van der Waals surface area contributed by atoms with Gasteiger partial charge in [-0.2, -0.15) is 5.10 Å². The first-order chi connectivity index (χ1) is 9.95. The van der Waals surface area contributed by atoms with E-state index in [9.17, 15) is 14.7 Å². The number of amides is 1. The number of carboxylic acids is 1. The van der Waals surface area contributed by atoms with Gasteiger partial charge < -0.3 is 10.0 Å². The highest BCUT2D eigenvalue weighted by Gasteiger charge is 2.46. The van der Waals surface area contributed by atoms with Crippen LogP contribution in [-0.4, -0.2) is 43.7 Å². The molecule has 0 aliphatic carbocycles. The first-order valence-electron chi connectivity index (χ1n) is 6.92. The molecule has 6 nitrogen and oxygen atoms in total. The fourth-order valence-electron chi connectivity index (χ4n) is 3.01. The van der Waals surface area contributed by atoms with Crippen molar-refractivity contribution < 1.29 is 14.7 Å². The van der Waals surface area contributed by atoms with Crippen molar-refractivity contribution in [1.29, 1.82) is 0 Å². The van der Waals surface area contributed by atoms with Crippen molar-refractivity contribution in [3.8, 4) is 0 Å². The zero-order chi connectivity index (χ0) is 15.2. The summed E-state index contributed by atoms with van der Waals surface area (Å²) in [4.78, 5) is 25.7. The summed E-state index contributed by atoms with van der Waals surface area (Å²) >= 11 is 0. The van der Waals surface area contributed by atoms with Crippen LogP contribution in [-0.2, 0) is 11.8 Å². The molecule has 1 saturated heterocycles. The molecule has 1 unspecified atom stereocenters.